The van der Waals surface area contributed by atoms with Gasteiger partial charge in [-0.3, -0.25) is 9.59 Å². The van der Waals surface area contributed by atoms with Gasteiger partial charge in [0.1, 0.15) is 0 Å². The number of hydrogen-bond acceptors (Lipinski definition) is 3. The van der Waals surface area contributed by atoms with E-state index in [9.17, 15) is 9.59 Å². The first-order valence-electron chi connectivity index (χ1n) is 7.11. The number of nitrogens with zero attached hydrogens (tertiary/aromatic N) is 1. The first kappa shape index (κ1) is 17.5. The van der Waals surface area contributed by atoms with E-state index in [1.165, 1.54) is 12.3 Å². The van der Waals surface area contributed by atoms with E-state index in [0.717, 1.165) is 12.1 Å². The topological polar surface area (TPSA) is 65.2 Å². The van der Waals surface area contributed by atoms with E-state index in [-0.39, 0.29) is 29.9 Å². The Bertz CT molecular complexity index is 748. The molecule has 1 aromatic heterocycles. The number of carbonyl (C=O) groups is 1. The second kappa shape index (κ2) is 7.64. The van der Waals surface area contributed by atoms with Crippen molar-refractivity contribution < 1.29 is 4.79 Å². The second-order valence-electron chi connectivity index (χ2n) is 5.18. The van der Waals surface area contributed by atoms with Crippen LogP contribution in [0.3, 0.4) is 0 Å². The lowest BCUT2D eigenvalue weighted by molar-refractivity contribution is 0.0634. The lowest BCUT2D eigenvalue weighted by Gasteiger charge is -2.37. The largest absolute Gasteiger partial charge is 0.329 e. The number of nitrogens with one attached hydrogen (secondary N) is 2. The summed E-state index contributed by atoms with van der Waals surface area (Å²) in [6.45, 7) is 1.93. The minimum atomic E-state index is -0.282. The van der Waals surface area contributed by atoms with Crippen LogP contribution in [0.15, 0.2) is 47.4 Å². The highest BCUT2D eigenvalue weighted by molar-refractivity contribution is 6.31. The van der Waals surface area contributed by atoms with Crippen LogP contribution in [0, 0.1) is 0 Å². The van der Waals surface area contributed by atoms with Gasteiger partial charge < -0.3 is 15.2 Å². The van der Waals surface area contributed by atoms with Gasteiger partial charge in [0.2, 0.25) is 5.56 Å². The van der Waals surface area contributed by atoms with Gasteiger partial charge in [-0.2, -0.15) is 0 Å². The molecule has 0 aliphatic carbocycles. The minimum Gasteiger partial charge on any atom is -0.329 e. The van der Waals surface area contributed by atoms with Gasteiger partial charge in [0.15, 0.2) is 0 Å². The molecule has 1 aliphatic heterocycles. The number of amides is 1. The van der Waals surface area contributed by atoms with Crippen LogP contribution in [0.5, 0.6) is 0 Å². The molecule has 2 aromatic rings. The summed E-state index contributed by atoms with van der Waals surface area (Å²) >= 11 is 6.28. The van der Waals surface area contributed by atoms with Crippen molar-refractivity contribution in [2.45, 2.75) is 6.04 Å². The number of benzene rings is 1. The fourth-order valence-corrected chi connectivity index (χ4v) is 2.98. The number of hydrogen-bond donors (Lipinski definition) is 2. The molecule has 5 nitrogen and oxygen atoms in total. The van der Waals surface area contributed by atoms with Gasteiger partial charge in [0.05, 0.1) is 6.04 Å². The van der Waals surface area contributed by atoms with Crippen molar-refractivity contribution in [1.29, 1.82) is 0 Å². The van der Waals surface area contributed by atoms with E-state index in [0.29, 0.717) is 23.7 Å². The molecule has 0 saturated carbocycles. The number of H-pyrrole nitrogens is 1. The van der Waals surface area contributed by atoms with Crippen molar-refractivity contribution in [1.82, 2.24) is 15.2 Å². The Morgan fingerprint density at radius 3 is 2.78 bits per heavy atom. The van der Waals surface area contributed by atoms with Crippen molar-refractivity contribution in [2.75, 3.05) is 19.6 Å². The molecular weight excluding hydrogens is 337 g/mol. The molecule has 1 aliphatic rings. The summed E-state index contributed by atoms with van der Waals surface area (Å²) in [7, 11) is 0. The summed E-state index contributed by atoms with van der Waals surface area (Å²) in [5, 5.41) is 3.93. The molecule has 1 atom stereocenters. The van der Waals surface area contributed by atoms with Crippen LogP contribution < -0.4 is 10.9 Å². The van der Waals surface area contributed by atoms with E-state index in [4.69, 9.17) is 11.6 Å². The molecule has 0 bridgehead atoms. The summed E-state index contributed by atoms with van der Waals surface area (Å²) in [5.41, 5.74) is 1.02. The first-order chi connectivity index (χ1) is 10.7. The Kier molecular flexibility index (Phi) is 5.82. The Morgan fingerprint density at radius 1 is 1.26 bits per heavy atom. The monoisotopic (exact) mass is 353 g/mol. The van der Waals surface area contributed by atoms with Crippen LogP contribution >= 0.6 is 24.0 Å². The Labute approximate surface area is 145 Å². The molecule has 7 heteroatoms. The molecule has 1 fully saturated rings. The minimum absolute atomic E-state index is 0. The Balaban J connectivity index is 0.00000192. The number of pyridine rings is 1. The third kappa shape index (κ3) is 3.75. The van der Waals surface area contributed by atoms with E-state index in [1.807, 2.05) is 24.3 Å². The molecule has 3 rings (SSSR count). The first-order valence-corrected chi connectivity index (χ1v) is 7.49. The molecule has 1 saturated heterocycles. The molecule has 0 radical (unpaired) electrons. The SMILES string of the molecule is Cl.O=C(c1cc[nH]c(=O)c1)N1CCNCC1c1ccccc1Cl. The van der Waals surface area contributed by atoms with Gasteiger partial charge in [-0.1, -0.05) is 29.8 Å². The van der Waals surface area contributed by atoms with E-state index in [1.54, 1.807) is 11.0 Å². The van der Waals surface area contributed by atoms with Crippen LogP contribution in [0.1, 0.15) is 22.0 Å². The third-order valence-electron chi connectivity index (χ3n) is 3.79. The number of aromatic amines is 1. The molecular formula is C16H17Cl2N3O2. The quantitative estimate of drug-likeness (QED) is 0.869. The number of piperazine rings is 1. The molecule has 2 N–H and O–H groups in total. The summed E-state index contributed by atoms with van der Waals surface area (Å²) < 4.78 is 0. The van der Waals surface area contributed by atoms with Crippen LogP contribution in [-0.2, 0) is 0 Å². The summed E-state index contributed by atoms with van der Waals surface area (Å²) in [5.74, 6) is -0.155. The Hall–Kier alpha value is -1.82. The number of halogens is 2. The van der Waals surface area contributed by atoms with Gasteiger partial charge in [0, 0.05) is 42.5 Å². The van der Waals surface area contributed by atoms with Crippen molar-refractivity contribution in [3.63, 3.8) is 0 Å². The molecule has 122 valence electrons. The van der Waals surface area contributed by atoms with Gasteiger partial charge in [-0.25, -0.2) is 0 Å². The smallest absolute Gasteiger partial charge is 0.254 e. The third-order valence-corrected chi connectivity index (χ3v) is 4.13. The van der Waals surface area contributed by atoms with Crippen LogP contribution in [0.2, 0.25) is 5.02 Å². The van der Waals surface area contributed by atoms with Gasteiger partial charge in [0.25, 0.3) is 5.91 Å². The second-order valence-corrected chi connectivity index (χ2v) is 5.59. The zero-order valence-electron chi connectivity index (χ0n) is 12.3. The number of rotatable bonds is 2. The maximum atomic E-state index is 12.7. The average Bonchev–Trinajstić information content (AvgIpc) is 2.55. The van der Waals surface area contributed by atoms with Crippen molar-refractivity contribution >= 4 is 29.9 Å². The number of carbonyl (C=O) groups excluding carboxylic acids is 1. The van der Waals surface area contributed by atoms with E-state index in [2.05, 4.69) is 10.3 Å². The maximum Gasteiger partial charge on any atom is 0.254 e. The zero-order valence-corrected chi connectivity index (χ0v) is 13.9. The zero-order chi connectivity index (χ0) is 15.5. The van der Waals surface area contributed by atoms with Gasteiger partial charge >= 0.3 is 0 Å². The fraction of sp³-hybridized carbons (Fsp3) is 0.250. The molecule has 1 amide bonds. The lowest BCUT2D eigenvalue weighted by atomic mass is 10.0. The highest BCUT2D eigenvalue weighted by Crippen LogP contribution is 2.29. The van der Waals surface area contributed by atoms with Crippen molar-refractivity contribution in [2.24, 2.45) is 0 Å². The molecule has 23 heavy (non-hydrogen) atoms. The highest BCUT2D eigenvalue weighted by Gasteiger charge is 2.29. The summed E-state index contributed by atoms with van der Waals surface area (Å²) in [6.07, 6.45) is 1.49. The van der Waals surface area contributed by atoms with Gasteiger partial charge in [-0.05, 0) is 17.7 Å². The highest BCUT2D eigenvalue weighted by atomic mass is 35.5. The standard InChI is InChI=1S/C16H16ClN3O2.ClH/c17-13-4-2-1-3-12(13)14-10-18-7-8-20(14)16(22)11-5-6-19-15(21)9-11;/h1-6,9,14,18H,7-8,10H2,(H,19,21);1H. The van der Waals surface area contributed by atoms with Crippen molar-refractivity contribution in [3.05, 3.63) is 69.1 Å². The maximum absolute atomic E-state index is 12.7. The normalized spacial score (nSPS) is 17.4. The van der Waals surface area contributed by atoms with E-state index < -0.39 is 0 Å². The van der Waals surface area contributed by atoms with Crippen LogP contribution in [-0.4, -0.2) is 35.4 Å². The molecule has 1 aromatic carbocycles. The number of aromatic nitrogens is 1. The van der Waals surface area contributed by atoms with Crippen LogP contribution in [0.25, 0.3) is 0 Å². The lowest BCUT2D eigenvalue weighted by Crippen LogP contribution is -2.48. The summed E-state index contributed by atoms with van der Waals surface area (Å²) in [6, 6.07) is 10.3. The molecule has 2 heterocycles. The predicted molar refractivity (Wildman–Crippen MR) is 92.4 cm³/mol. The van der Waals surface area contributed by atoms with Gasteiger partial charge in [-0.15, -0.1) is 12.4 Å². The fourth-order valence-electron chi connectivity index (χ4n) is 2.71. The predicted octanol–water partition coefficient (Wildman–Crippen LogP) is 2.24. The van der Waals surface area contributed by atoms with Crippen LogP contribution in [0.4, 0.5) is 0 Å². The summed E-state index contributed by atoms with van der Waals surface area (Å²) in [4.78, 5) is 28.5. The Morgan fingerprint density at radius 2 is 2.04 bits per heavy atom. The average molecular weight is 354 g/mol. The van der Waals surface area contributed by atoms with E-state index >= 15 is 0 Å². The van der Waals surface area contributed by atoms with Crippen molar-refractivity contribution in [3.8, 4) is 0 Å². The molecule has 1 unspecified atom stereocenters. The molecule has 0 spiro atoms.